The van der Waals surface area contributed by atoms with Crippen molar-refractivity contribution in [2.24, 2.45) is 5.92 Å². The largest absolute Gasteiger partial charge is 0.444 e. The number of carbonyl (C=O) groups is 1. The first-order valence-electron chi connectivity index (χ1n) is 8.84. The average Bonchev–Trinajstić information content (AvgIpc) is 2.58. The standard InChI is InChI=1S/C19H26N4O2/c1-19(2,3)25-18(24)21-11-14-7-6-10-23(13-14)17-12-20-15-8-4-5-9-16(15)22-17/h4-5,8-9,12,14H,6-7,10-11,13H2,1-3H3,(H,21,24). The van der Waals surface area contributed by atoms with E-state index < -0.39 is 5.60 Å². The molecule has 2 heterocycles. The van der Waals surface area contributed by atoms with Crippen molar-refractivity contribution < 1.29 is 9.53 Å². The topological polar surface area (TPSA) is 67.3 Å². The molecule has 1 N–H and O–H groups in total. The van der Waals surface area contributed by atoms with Crippen LogP contribution in [0.15, 0.2) is 30.5 Å². The fourth-order valence-electron chi connectivity index (χ4n) is 3.08. The van der Waals surface area contributed by atoms with Crippen molar-refractivity contribution in [3.05, 3.63) is 30.5 Å². The van der Waals surface area contributed by atoms with Crippen LogP contribution in [0.3, 0.4) is 0 Å². The van der Waals surface area contributed by atoms with Crippen LogP contribution in [0.4, 0.5) is 10.6 Å². The van der Waals surface area contributed by atoms with Gasteiger partial charge in [-0.25, -0.2) is 9.78 Å². The molecule has 1 amide bonds. The molecular formula is C19H26N4O2. The zero-order valence-electron chi connectivity index (χ0n) is 15.2. The van der Waals surface area contributed by atoms with E-state index in [9.17, 15) is 4.79 Å². The van der Waals surface area contributed by atoms with Crippen LogP contribution in [0, 0.1) is 5.92 Å². The van der Waals surface area contributed by atoms with Crippen molar-refractivity contribution in [3.63, 3.8) is 0 Å². The lowest BCUT2D eigenvalue weighted by molar-refractivity contribution is 0.0517. The molecule has 1 aromatic carbocycles. The number of nitrogens with zero attached hydrogens (tertiary/aromatic N) is 3. The summed E-state index contributed by atoms with van der Waals surface area (Å²) in [5.41, 5.74) is 1.35. The molecular weight excluding hydrogens is 316 g/mol. The number of anilines is 1. The van der Waals surface area contributed by atoms with E-state index in [2.05, 4.69) is 15.2 Å². The van der Waals surface area contributed by atoms with Crippen LogP contribution in [0.2, 0.25) is 0 Å². The van der Waals surface area contributed by atoms with E-state index in [1.165, 1.54) is 0 Å². The number of hydrogen-bond acceptors (Lipinski definition) is 5. The normalized spacial score (nSPS) is 18.2. The Hall–Kier alpha value is -2.37. The number of benzene rings is 1. The van der Waals surface area contributed by atoms with Crippen molar-refractivity contribution >= 4 is 22.9 Å². The fraction of sp³-hybridized carbons (Fsp3) is 0.526. The highest BCUT2D eigenvalue weighted by molar-refractivity contribution is 5.75. The number of nitrogens with one attached hydrogen (secondary N) is 1. The van der Waals surface area contributed by atoms with Gasteiger partial charge in [0.25, 0.3) is 0 Å². The summed E-state index contributed by atoms with van der Waals surface area (Å²) in [4.78, 5) is 23.3. The first-order chi connectivity index (χ1) is 11.9. The lowest BCUT2D eigenvalue weighted by Gasteiger charge is -2.33. The molecule has 1 saturated heterocycles. The summed E-state index contributed by atoms with van der Waals surface area (Å²) in [5.74, 6) is 1.29. The number of aromatic nitrogens is 2. The SMILES string of the molecule is CC(C)(C)OC(=O)NCC1CCCN(c2cnc3ccccc3n2)C1. The van der Waals surface area contributed by atoms with E-state index in [1.54, 1.807) is 0 Å². The number of hydrogen-bond donors (Lipinski definition) is 1. The Morgan fingerprint density at radius 1 is 1.32 bits per heavy atom. The lowest BCUT2D eigenvalue weighted by Crippen LogP contribution is -2.42. The van der Waals surface area contributed by atoms with E-state index in [0.29, 0.717) is 12.5 Å². The third-order valence-electron chi connectivity index (χ3n) is 4.21. The maximum Gasteiger partial charge on any atom is 0.407 e. The summed E-state index contributed by atoms with van der Waals surface area (Å²) >= 11 is 0. The number of alkyl carbamates (subject to hydrolysis) is 1. The summed E-state index contributed by atoms with van der Waals surface area (Å²) in [6.45, 7) is 8.05. The van der Waals surface area contributed by atoms with Gasteiger partial charge in [0.15, 0.2) is 0 Å². The molecule has 1 aliphatic rings. The van der Waals surface area contributed by atoms with Gasteiger partial charge < -0.3 is 15.0 Å². The van der Waals surface area contributed by atoms with E-state index in [0.717, 1.165) is 42.8 Å². The Labute approximate surface area is 148 Å². The van der Waals surface area contributed by atoms with Crippen LogP contribution < -0.4 is 10.2 Å². The maximum absolute atomic E-state index is 11.8. The predicted octanol–water partition coefficient (Wildman–Crippen LogP) is 3.37. The summed E-state index contributed by atoms with van der Waals surface area (Å²) in [6.07, 6.45) is 3.66. The minimum absolute atomic E-state index is 0.352. The predicted molar refractivity (Wildman–Crippen MR) is 98.7 cm³/mol. The van der Waals surface area contributed by atoms with Crippen molar-refractivity contribution in [3.8, 4) is 0 Å². The summed E-state index contributed by atoms with van der Waals surface area (Å²) in [7, 11) is 0. The molecule has 1 unspecified atom stereocenters. The van der Waals surface area contributed by atoms with Crippen LogP contribution in [0.25, 0.3) is 11.0 Å². The number of rotatable bonds is 3. The zero-order chi connectivity index (χ0) is 17.9. The summed E-state index contributed by atoms with van der Waals surface area (Å²) in [5, 5.41) is 2.89. The first kappa shape index (κ1) is 17.5. The van der Waals surface area contributed by atoms with E-state index in [4.69, 9.17) is 9.72 Å². The third kappa shape index (κ3) is 4.81. The molecule has 0 aliphatic carbocycles. The van der Waals surface area contributed by atoms with Crippen molar-refractivity contribution in [2.75, 3.05) is 24.5 Å². The lowest BCUT2D eigenvalue weighted by atomic mass is 9.98. The highest BCUT2D eigenvalue weighted by Crippen LogP contribution is 2.22. The number of piperidine rings is 1. The molecule has 0 bridgehead atoms. The second kappa shape index (κ2) is 7.25. The highest BCUT2D eigenvalue weighted by atomic mass is 16.6. The molecule has 1 fully saturated rings. The van der Waals surface area contributed by atoms with Crippen molar-refractivity contribution in [1.29, 1.82) is 0 Å². The van der Waals surface area contributed by atoms with Gasteiger partial charge >= 0.3 is 6.09 Å². The molecule has 1 aliphatic heterocycles. The van der Waals surface area contributed by atoms with Gasteiger partial charge in [-0.05, 0) is 51.7 Å². The molecule has 1 aromatic heterocycles. The van der Waals surface area contributed by atoms with Gasteiger partial charge in [0.1, 0.15) is 11.4 Å². The number of para-hydroxylation sites is 2. The summed E-state index contributed by atoms with van der Waals surface area (Å²) < 4.78 is 5.30. The summed E-state index contributed by atoms with van der Waals surface area (Å²) in [6, 6.07) is 7.90. The van der Waals surface area contributed by atoms with E-state index >= 15 is 0 Å². The number of amides is 1. The third-order valence-corrected chi connectivity index (χ3v) is 4.21. The van der Waals surface area contributed by atoms with Crippen LogP contribution >= 0.6 is 0 Å². The van der Waals surface area contributed by atoms with Crippen LogP contribution in [-0.4, -0.2) is 41.3 Å². The van der Waals surface area contributed by atoms with Crippen LogP contribution in [0.5, 0.6) is 0 Å². The van der Waals surface area contributed by atoms with Gasteiger partial charge in [0, 0.05) is 19.6 Å². The minimum Gasteiger partial charge on any atom is -0.444 e. The molecule has 0 spiro atoms. The second-order valence-electron chi connectivity index (χ2n) is 7.55. The van der Waals surface area contributed by atoms with Gasteiger partial charge in [-0.1, -0.05) is 12.1 Å². The average molecular weight is 342 g/mol. The Morgan fingerprint density at radius 2 is 2.08 bits per heavy atom. The van der Waals surface area contributed by atoms with E-state index in [-0.39, 0.29) is 6.09 Å². The quantitative estimate of drug-likeness (QED) is 0.926. The Kier molecular flexibility index (Phi) is 5.06. The van der Waals surface area contributed by atoms with Gasteiger partial charge in [-0.2, -0.15) is 0 Å². The van der Waals surface area contributed by atoms with Crippen molar-refractivity contribution in [2.45, 2.75) is 39.2 Å². The fourth-order valence-corrected chi connectivity index (χ4v) is 3.08. The zero-order valence-corrected chi connectivity index (χ0v) is 15.2. The molecule has 25 heavy (non-hydrogen) atoms. The highest BCUT2D eigenvalue weighted by Gasteiger charge is 2.23. The second-order valence-corrected chi connectivity index (χ2v) is 7.55. The number of ether oxygens (including phenoxy) is 1. The molecule has 0 saturated carbocycles. The van der Waals surface area contributed by atoms with Crippen LogP contribution in [0.1, 0.15) is 33.6 Å². The Morgan fingerprint density at radius 3 is 2.84 bits per heavy atom. The molecule has 3 rings (SSSR count). The Bertz CT molecular complexity index is 742. The number of fused-ring (bicyclic) bond motifs is 1. The monoisotopic (exact) mass is 342 g/mol. The maximum atomic E-state index is 11.8. The first-order valence-corrected chi connectivity index (χ1v) is 8.84. The number of carbonyl (C=O) groups excluding carboxylic acids is 1. The molecule has 6 nitrogen and oxygen atoms in total. The van der Waals surface area contributed by atoms with Crippen molar-refractivity contribution in [1.82, 2.24) is 15.3 Å². The van der Waals surface area contributed by atoms with E-state index in [1.807, 2.05) is 51.2 Å². The molecule has 1 atom stereocenters. The molecule has 6 heteroatoms. The molecule has 134 valence electrons. The van der Waals surface area contributed by atoms with Crippen LogP contribution in [-0.2, 0) is 4.74 Å². The van der Waals surface area contributed by atoms with Gasteiger partial charge in [-0.15, -0.1) is 0 Å². The van der Waals surface area contributed by atoms with Gasteiger partial charge in [0.2, 0.25) is 0 Å². The van der Waals surface area contributed by atoms with Gasteiger partial charge in [-0.3, -0.25) is 4.98 Å². The smallest absolute Gasteiger partial charge is 0.407 e. The minimum atomic E-state index is -0.469. The molecule has 2 aromatic rings. The van der Waals surface area contributed by atoms with Gasteiger partial charge in [0.05, 0.1) is 17.2 Å². The Balaban J connectivity index is 1.59. The molecule has 0 radical (unpaired) electrons.